The molecule has 0 bridgehead atoms. The molecule has 10 heteroatoms. The summed E-state index contributed by atoms with van der Waals surface area (Å²) in [4.78, 5) is 12.6. The smallest absolute Gasteiger partial charge is 0.348 e. The van der Waals surface area contributed by atoms with Crippen LogP contribution in [-0.2, 0) is 21.0 Å². The maximum atomic E-state index is 13.1. The number of carbonyl (C=O) groups excluding carboxylic acids is 1. The fourth-order valence-corrected chi connectivity index (χ4v) is 4.11. The number of carbonyl (C=O) groups is 1. The van der Waals surface area contributed by atoms with E-state index in [1.54, 1.807) is 6.92 Å². The van der Waals surface area contributed by atoms with Crippen LogP contribution in [0, 0.1) is 13.8 Å². The number of halogens is 4. The molecule has 0 fully saturated rings. The van der Waals surface area contributed by atoms with Crippen molar-refractivity contribution < 1.29 is 26.4 Å². The van der Waals surface area contributed by atoms with E-state index in [1.807, 2.05) is 32.0 Å². The van der Waals surface area contributed by atoms with E-state index in [1.165, 1.54) is 0 Å². The van der Waals surface area contributed by atoms with Gasteiger partial charge in [0, 0.05) is 0 Å². The first kappa shape index (κ1) is 24.0. The number of aryl methyl sites for hydroxylation is 2. The second-order valence-electron chi connectivity index (χ2n) is 7.08. The molecule has 0 saturated heterocycles. The highest BCUT2D eigenvalue weighted by atomic mass is 35.5. The van der Waals surface area contributed by atoms with E-state index in [2.05, 4.69) is 5.32 Å². The molecule has 2 aromatic rings. The van der Waals surface area contributed by atoms with Gasteiger partial charge >= 0.3 is 6.18 Å². The summed E-state index contributed by atoms with van der Waals surface area (Å²) in [5.74, 6) is -0.678. The molecule has 2 aromatic carbocycles. The average molecular weight is 463 g/mol. The lowest BCUT2D eigenvalue weighted by Gasteiger charge is -2.25. The van der Waals surface area contributed by atoms with Crippen molar-refractivity contribution in [2.24, 2.45) is 0 Å². The molecule has 1 unspecified atom stereocenters. The summed E-state index contributed by atoms with van der Waals surface area (Å²) in [7, 11) is -4.09. The summed E-state index contributed by atoms with van der Waals surface area (Å²) in [6.45, 7) is 4.80. The molecule has 1 atom stereocenters. The van der Waals surface area contributed by atoms with Gasteiger partial charge in [0.25, 0.3) is 0 Å². The Labute approximate surface area is 178 Å². The van der Waals surface area contributed by atoms with Crippen LogP contribution < -0.4 is 9.62 Å². The first-order chi connectivity index (χ1) is 13.7. The highest BCUT2D eigenvalue weighted by molar-refractivity contribution is 7.92. The van der Waals surface area contributed by atoms with Crippen LogP contribution in [0.15, 0.2) is 36.4 Å². The number of sulfonamides is 1. The first-order valence-electron chi connectivity index (χ1n) is 8.91. The molecule has 0 aliphatic heterocycles. The molecule has 0 aromatic heterocycles. The quantitative estimate of drug-likeness (QED) is 0.681. The molecule has 30 heavy (non-hydrogen) atoms. The fraction of sp³-hybridized carbons (Fsp3) is 0.350. The average Bonchev–Trinajstić information content (AvgIpc) is 2.60. The molecule has 0 aliphatic rings. The molecule has 0 spiro atoms. The van der Waals surface area contributed by atoms with Gasteiger partial charge in [-0.05, 0) is 50.1 Å². The lowest BCUT2D eigenvalue weighted by Crippen LogP contribution is -2.41. The number of alkyl halides is 3. The summed E-state index contributed by atoms with van der Waals surface area (Å²) in [6.07, 6.45) is -3.90. The van der Waals surface area contributed by atoms with Crippen molar-refractivity contribution >= 4 is 33.2 Å². The van der Waals surface area contributed by atoms with E-state index in [0.717, 1.165) is 35.1 Å². The number of amides is 1. The van der Waals surface area contributed by atoms with Crippen LogP contribution in [0.25, 0.3) is 0 Å². The Balaban J connectivity index is 2.32. The van der Waals surface area contributed by atoms with Crippen molar-refractivity contribution in [2.45, 2.75) is 33.0 Å². The maximum absolute atomic E-state index is 13.1. The molecule has 1 amide bonds. The van der Waals surface area contributed by atoms with E-state index < -0.39 is 45.9 Å². The fourth-order valence-electron chi connectivity index (χ4n) is 2.98. The number of hydrogen-bond donors (Lipinski definition) is 1. The SMILES string of the molecule is Cc1ccc(C)c(C(C)NC(=O)CN(c2cc(C(F)(F)F)ccc2Cl)S(C)(=O)=O)c1. The minimum atomic E-state index is -4.69. The van der Waals surface area contributed by atoms with Crippen LogP contribution in [0.1, 0.15) is 35.2 Å². The summed E-state index contributed by atoms with van der Waals surface area (Å²) in [5, 5.41) is 2.47. The first-order valence-corrected chi connectivity index (χ1v) is 11.1. The van der Waals surface area contributed by atoms with Crippen LogP contribution in [0.4, 0.5) is 18.9 Å². The van der Waals surface area contributed by atoms with E-state index in [4.69, 9.17) is 11.6 Å². The van der Waals surface area contributed by atoms with Gasteiger partial charge in [0.1, 0.15) is 6.54 Å². The number of hydrogen-bond acceptors (Lipinski definition) is 3. The van der Waals surface area contributed by atoms with Gasteiger partial charge < -0.3 is 5.32 Å². The van der Waals surface area contributed by atoms with Crippen LogP contribution in [0.2, 0.25) is 5.02 Å². The largest absolute Gasteiger partial charge is 0.416 e. The Morgan fingerprint density at radius 1 is 1.17 bits per heavy atom. The third-order valence-corrected chi connectivity index (χ3v) is 5.95. The van der Waals surface area contributed by atoms with E-state index >= 15 is 0 Å². The maximum Gasteiger partial charge on any atom is 0.416 e. The molecule has 0 heterocycles. The zero-order valence-electron chi connectivity index (χ0n) is 16.8. The molecular formula is C20H22ClF3N2O3S. The van der Waals surface area contributed by atoms with Gasteiger partial charge in [0.15, 0.2) is 0 Å². The predicted octanol–water partition coefficient (Wildman–Crippen LogP) is 4.62. The van der Waals surface area contributed by atoms with Crippen molar-refractivity contribution in [3.63, 3.8) is 0 Å². The zero-order valence-corrected chi connectivity index (χ0v) is 18.4. The Hall–Kier alpha value is -2.26. The lowest BCUT2D eigenvalue weighted by molar-refractivity contribution is -0.137. The lowest BCUT2D eigenvalue weighted by atomic mass is 10.00. The minimum absolute atomic E-state index is 0.219. The molecule has 0 radical (unpaired) electrons. The van der Waals surface area contributed by atoms with Gasteiger partial charge in [-0.15, -0.1) is 0 Å². The summed E-state index contributed by atoms with van der Waals surface area (Å²) < 4.78 is 64.2. The van der Waals surface area contributed by atoms with Crippen LogP contribution in [0.3, 0.4) is 0 Å². The molecular weight excluding hydrogens is 441 g/mol. The third kappa shape index (κ3) is 5.89. The molecule has 0 aliphatic carbocycles. The Kier molecular flexibility index (Phi) is 7.08. The number of nitrogens with zero attached hydrogens (tertiary/aromatic N) is 1. The van der Waals surface area contributed by atoms with E-state index in [9.17, 15) is 26.4 Å². The standard InChI is InChI=1S/C20H22ClF3N2O3S/c1-12-5-6-13(2)16(9-12)14(3)25-19(27)11-26(30(4,28)29)18-10-15(20(22,23)24)7-8-17(18)21/h5-10,14H,11H2,1-4H3,(H,25,27). The van der Waals surface area contributed by atoms with Crippen LogP contribution in [-0.4, -0.2) is 27.1 Å². The molecule has 5 nitrogen and oxygen atoms in total. The minimum Gasteiger partial charge on any atom is -0.348 e. The van der Waals surface area contributed by atoms with Gasteiger partial charge in [0.05, 0.1) is 28.6 Å². The zero-order chi connectivity index (χ0) is 22.9. The van der Waals surface area contributed by atoms with Crippen molar-refractivity contribution in [1.29, 1.82) is 0 Å². The predicted molar refractivity (Wildman–Crippen MR) is 111 cm³/mol. The van der Waals surface area contributed by atoms with Crippen LogP contribution in [0.5, 0.6) is 0 Å². The van der Waals surface area contributed by atoms with Crippen molar-refractivity contribution in [1.82, 2.24) is 5.32 Å². The summed E-state index contributed by atoms with van der Waals surface area (Å²) >= 11 is 5.97. The Morgan fingerprint density at radius 2 is 1.80 bits per heavy atom. The second kappa shape index (κ2) is 8.85. The normalized spacial score (nSPS) is 13.1. The Morgan fingerprint density at radius 3 is 2.37 bits per heavy atom. The van der Waals surface area contributed by atoms with Crippen molar-refractivity contribution in [2.75, 3.05) is 17.1 Å². The topological polar surface area (TPSA) is 66.5 Å². The van der Waals surface area contributed by atoms with Crippen molar-refractivity contribution in [3.8, 4) is 0 Å². The van der Waals surface area contributed by atoms with E-state index in [-0.39, 0.29) is 5.02 Å². The van der Waals surface area contributed by atoms with Crippen LogP contribution >= 0.6 is 11.6 Å². The molecule has 1 N–H and O–H groups in total. The van der Waals surface area contributed by atoms with E-state index in [0.29, 0.717) is 10.4 Å². The van der Waals surface area contributed by atoms with Gasteiger partial charge in [-0.3, -0.25) is 9.10 Å². The highest BCUT2D eigenvalue weighted by Crippen LogP contribution is 2.36. The third-order valence-electron chi connectivity index (χ3n) is 4.51. The number of rotatable bonds is 6. The second-order valence-corrected chi connectivity index (χ2v) is 9.40. The van der Waals surface area contributed by atoms with Gasteiger partial charge in [0.2, 0.25) is 15.9 Å². The Bertz CT molecular complexity index is 1060. The van der Waals surface area contributed by atoms with Gasteiger partial charge in [-0.1, -0.05) is 35.4 Å². The highest BCUT2D eigenvalue weighted by Gasteiger charge is 2.33. The summed E-state index contributed by atoms with van der Waals surface area (Å²) in [6, 6.07) is 7.61. The number of benzene rings is 2. The number of anilines is 1. The van der Waals surface area contributed by atoms with Gasteiger partial charge in [-0.2, -0.15) is 13.2 Å². The monoisotopic (exact) mass is 462 g/mol. The van der Waals surface area contributed by atoms with Gasteiger partial charge in [-0.25, -0.2) is 8.42 Å². The van der Waals surface area contributed by atoms with Crippen molar-refractivity contribution in [3.05, 3.63) is 63.7 Å². The molecule has 0 saturated carbocycles. The summed E-state index contributed by atoms with van der Waals surface area (Å²) in [5.41, 5.74) is 1.30. The number of nitrogens with one attached hydrogen (secondary N) is 1. The molecule has 164 valence electrons. The molecule has 2 rings (SSSR count).